The Morgan fingerprint density at radius 2 is 1.83 bits per heavy atom. The molecule has 118 valence electrons. The van der Waals surface area contributed by atoms with Crippen molar-refractivity contribution in [2.45, 2.75) is 18.9 Å². The zero-order chi connectivity index (χ0) is 16.2. The number of hydrogen-bond donors (Lipinski definition) is 1. The van der Waals surface area contributed by atoms with Gasteiger partial charge in [-0.25, -0.2) is 0 Å². The third kappa shape index (κ3) is 3.18. The van der Waals surface area contributed by atoms with Crippen molar-refractivity contribution in [1.29, 1.82) is 0 Å². The lowest BCUT2D eigenvalue weighted by Crippen LogP contribution is -2.41. The first-order valence-electron chi connectivity index (χ1n) is 7.51. The van der Waals surface area contributed by atoms with Crippen LogP contribution in [0.3, 0.4) is 0 Å². The zero-order valence-electron chi connectivity index (χ0n) is 12.9. The first-order valence-corrected chi connectivity index (χ1v) is 7.51. The van der Waals surface area contributed by atoms with Gasteiger partial charge in [0.2, 0.25) is 11.8 Å². The molecule has 0 bridgehead atoms. The molecule has 0 aliphatic carbocycles. The number of carbonyl (C=O) groups is 2. The minimum Gasteiger partial charge on any atom is -0.497 e. The molecule has 2 amide bonds. The molecule has 0 saturated carbocycles. The minimum absolute atomic E-state index is 0.0385. The molecule has 5 nitrogen and oxygen atoms in total. The van der Waals surface area contributed by atoms with Crippen molar-refractivity contribution in [3.05, 3.63) is 54.6 Å². The predicted molar refractivity (Wildman–Crippen MR) is 88.6 cm³/mol. The van der Waals surface area contributed by atoms with Gasteiger partial charge in [-0.3, -0.25) is 14.5 Å². The maximum Gasteiger partial charge on any atom is 0.247 e. The normalized spacial score (nSPS) is 17.2. The van der Waals surface area contributed by atoms with Crippen LogP contribution in [0.2, 0.25) is 0 Å². The van der Waals surface area contributed by atoms with E-state index in [9.17, 15) is 9.59 Å². The largest absolute Gasteiger partial charge is 0.497 e. The summed E-state index contributed by atoms with van der Waals surface area (Å²) < 4.78 is 5.13. The van der Waals surface area contributed by atoms with Crippen LogP contribution in [0.4, 0.5) is 11.4 Å². The molecule has 2 aromatic carbocycles. The second-order valence-electron chi connectivity index (χ2n) is 5.37. The molecule has 0 radical (unpaired) electrons. The summed E-state index contributed by atoms with van der Waals surface area (Å²) in [5.41, 5.74) is 1.44. The van der Waals surface area contributed by atoms with E-state index in [0.29, 0.717) is 24.3 Å². The van der Waals surface area contributed by atoms with Gasteiger partial charge in [-0.15, -0.1) is 0 Å². The van der Waals surface area contributed by atoms with Crippen molar-refractivity contribution >= 4 is 23.2 Å². The molecule has 1 unspecified atom stereocenters. The Hall–Kier alpha value is -2.82. The molecule has 3 rings (SSSR count). The van der Waals surface area contributed by atoms with E-state index in [1.54, 1.807) is 36.3 Å². The summed E-state index contributed by atoms with van der Waals surface area (Å²) in [6.07, 6.45) is 0.891. The van der Waals surface area contributed by atoms with E-state index in [1.807, 2.05) is 30.3 Å². The van der Waals surface area contributed by atoms with E-state index < -0.39 is 6.04 Å². The quantitative estimate of drug-likeness (QED) is 0.944. The van der Waals surface area contributed by atoms with Gasteiger partial charge in [0.05, 0.1) is 7.11 Å². The molecule has 1 aliphatic heterocycles. The summed E-state index contributed by atoms with van der Waals surface area (Å²) >= 11 is 0. The van der Waals surface area contributed by atoms with Gasteiger partial charge < -0.3 is 10.1 Å². The van der Waals surface area contributed by atoms with Crippen LogP contribution in [0.5, 0.6) is 5.75 Å². The van der Waals surface area contributed by atoms with Gasteiger partial charge in [-0.2, -0.15) is 0 Å². The molecule has 1 N–H and O–H groups in total. The SMILES string of the molecule is COc1ccc(N2C(=O)CCC2C(=O)Nc2ccccc2)cc1. The first kappa shape index (κ1) is 15.1. The average molecular weight is 310 g/mol. The van der Waals surface area contributed by atoms with Gasteiger partial charge in [0.1, 0.15) is 11.8 Å². The summed E-state index contributed by atoms with van der Waals surface area (Å²) in [6, 6.07) is 15.9. The third-order valence-electron chi connectivity index (χ3n) is 3.91. The van der Waals surface area contributed by atoms with Gasteiger partial charge in [0, 0.05) is 17.8 Å². The Kier molecular flexibility index (Phi) is 4.28. The van der Waals surface area contributed by atoms with Crippen LogP contribution < -0.4 is 15.0 Å². The van der Waals surface area contributed by atoms with Crippen molar-refractivity contribution in [3.63, 3.8) is 0 Å². The number of para-hydroxylation sites is 1. The highest BCUT2D eigenvalue weighted by molar-refractivity contribution is 6.07. The Morgan fingerprint density at radius 3 is 2.48 bits per heavy atom. The summed E-state index contributed by atoms with van der Waals surface area (Å²) in [7, 11) is 1.59. The first-order chi connectivity index (χ1) is 11.2. The standard InChI is InChI=1S/C18H18N2O3/c1-23-15-9-7-14(8-10-15)20-16(11-12-17(20)21)18(22)19-13-5-3-2-4-6-13/h2-10,16H,11-12H2,1H3,(H,19,22). The third-order valence-corrected chi connectivity index (χ3v) is 3.91. The fourth-order valence-corrected chi connectivity index (χ4v) is 2.75. The molecular weight excluding hydrogens is 292 g/mol. The number of nitrogens with zero attached hydrogens (tertiary/aromatic N) is 1. The molecule has 5 heteroatoms. The molecule has 1 saturated heterocycles. The highest BCUT2D eigenvalue weighted by atomic mass is 16.5. The Balaban J connectivity index is 1.80. The molecule has 0 spiro atoms. The van der Waals surface area contributed by atoms with E-state index in [1.165, 1.54) is 0 Å². The number of amides is 2. The van der Waals surface area contributed by atoms with Crippen LogP contribution in [0, 0.1) is 0 Å². The lowest BCUT2D eigenvalue weighted by atomic mass is 10.2. The zero-order valence-corrected chi connectivity index (χ0v) is 12.9. The lowest BCUT2D eigenvalue weighted by molar-refractivity contribution is -0.120. The molecule has 1 aliphatic rings. The number of ether oxygens (including phenoxy) is 1. The van der Waals surface area contributed by atoms with Crippen LogP contribution in [0.15, 0.2) is 54.6 Å². The van der Waals surface area contributed by atoms with Crippen molar-refractivity contribution in [3.8, 4) is 5.75 Å². The van der Waals surface area contributed by atoms with E-state index in [-0.39, 0.29) is 11.8 Å². The molecule has 23 heavy (non-hydrogen) atoms. The Bertz CT molecular complexity index is 698. The molecule has 0 aromatic heterocycles. The van der Waals surface area contributed by atoms with Crippen LogP contribution in [0.1, 0.15) is 12.8 Å². The smallest absolute Gasteiger partial charge is 0.247 e. The summed E-state index contributed by atoms with van der Waals surface area (Å²) in [5, 5.41) is 2.87. The highest BCUT2D eigenvalue weighted by Gasteiger charge is 2.37. The fourth-order valence-electron chi connectivity index (χ4n) is 2.75. The number of hydrogen-bond acceptors (Lipinski definition) is 3. The Morgan fingerprint density at radius 1 is 1.13 bits per heavy atom. The number of methoxy groups -OCH3 is 1. The van der Waals surface area contributed by atoms with Gasteiger partial charge in [0.25, 0.3) is 0 Å². The number of carbonyl (C=O) groups excluding carboxylic acids is 2. The van der Waals surface area contributed by atoms with Crippen molar-refractivity contribution in [1.82, 2.24) is 0 Å². The van der Waals surface area contributed by atoms with E-state index in [4.69, 9.17) is 4.74 Å². The van der Waals surface area contributed by atoms with Crippen LogP contribution >= 0.6 is 0 Å². The number of anilines is 2. The number of rotatable bonds is 4. The predicted octanol–water partition coefficient (Wildman–Crippen LogP) is 2.83. The van der Waals surface area contributed by atoms with Crippen LogP contribution in [-0.4, -0.2) is 25.0 Å². The topological polar surface area (TPSA) is 58.6 Å². The second kappa shape index (κ2) is 6.52. The maximum atomic E-state index is 12.5. The molecule has 1 heterocycles. The molecular formula is C18H18N2O3. The minimum atomic E-state index is -0.490. The Labute approximate surface area is 134 Å². The molecule has 1 atom stereocenters. The number of nitrogens with one attached hydrogen (secondary N) is 1. The lowest BCUT2D eigenvalue weighted by Gasteiger charge is -2.24. The second-order valence-corrected chi connectivity index (χ2v) is 5.37. The van der Waals surface area contributed by atoms with Gasteiger partial charge in [0.15, 0.2) is 0 Å². The van der Waals surface area contributed by atoms with Gasteiger partial charge >= 0.3 is 0 Å². The van der Waals surface area contributed by atoms with Gasteiger partial charge in [-0.05, 0) is 42.8 Å². The summed E-state index contributed by atoms with van der Waals surface area (Å²) in [4.78, 5) is 26.3. The van der Waals surface area contributed by atoms with Crippen molar-refractivity contribution in [2.75, 3.05) is 17.3 Å². The van der Waals surface area contributed by atoms with E-state index >= 15 is 0 Å². The van der Waals surface area contributed by atoms with E-state index in [2.05, 4.69) is 5.32 Å². The fraction of sp³-hybridized carbons (Fsp3) is 0.222. The number of benzene rings is 2. The van der Waals surface area contributed by atoms with Crippen molar-refractivity contribution in [2.24, 2.45) is 0 Å². The van der Waals surface area contributed by atoms with Gasteiger partial charge in [-0.1, -0.05) is 18.2 Å². The molecule has 1 fully saturated rings. The van der Waals surface area contributed by atoms with Crippen LogP contribution in [0.25, 0.3) is 0 Å². The molecule has 2 aromatic rings. The monoisotopic (exact) mass is 310 g/mol. The maximum absolute atomic E-state index is 12.5. The summed E-state index contributed by atoms with van der Waals surface area (Å²) in [5.74, 6) is 0.506. The highest BCUT2D eigenvalue weighted by Crippen LogP contribution is 2.29. The average Bonchev–Trinajstić information content (AvgIpc) is 2.97. The van der Waals surface area contributed by atoms with E-state index in [0.717, 1.165) is 5.69 Å². The summed E-state index contributed by atoms with van der Waals surface area (Å²) in [6.45, 7) is 0. The van der Waals surface area contributed by atoms with Crippen molar-refractivity contribution < 1.29 is 14.3 Å². The van der Waals surface area contributed by atoms with Crippen LogP contribution in [-0.2, 0) is 9.59 Å².